The monoisotopic (exact) mass is 268 g/mol. The van der Waals surface area contributed by atoms with Gasteiger partial charge in [0.25, 0.3) is 0 Å². The highest BCUT2D eigenvalue weighted by atomic mass is 16.1. The molecular weight excluding hydrogens is 236 g/mol. The second kappa shape index (κ2) is 5.82. The summed E-state index contributed by atoms with van der Waals surface area (Å²) in [6.45, 7) is 13.9. The Morgan fingerprint density at radius 1 is 1.32 bits per heavy atom. The molecule has 1 aliphatic carbocycles. The summed E-state index contributed by atoms with van der Waals surface area (Å²) >= 11 is 0. The van der Waals surface area contributed by atoms with Gasteiger partial charge in [-0.25, -0.2) is 0 Å². The van der Waals surface area contributed by atoms with Gasteiger partial charge in [-0.2, -0.15) is 0 Å². The van der Waals surface area contributed by atoms with Crippen molar-refractivity contribution in [3.05, 3.63) is 0 Å². The molecule has 1 rings (SSSR count). The summed E-state index contributed by atoms with van der Waals surface area (Å²) in [5.41, 5.74) is 6.40. The standard InChI is InChI=1S/C16H32N2O/c1-11-13(17)8-7-12(16(11,5)6)14(19)18-10-9-15(2,3)4/h11-13H,7-10,17H2,1-6H3,(H,18,19). The van der Waals surface area contributed by atoms with Gasteiger partial charge < -0.3 is 11.1 Å². The van der Waals surface area contributed by atoms with E-state index in [1.807, 2.05) is 0 Å². The Morgan fingerprint density at radius 2 is 1.89 bits per heavy atom. The van der Waals surface area contributed by atoms with Gasteiger partial charge in [0.2, 0.25) is 5.91 Å². The van der Waals surface area contributed by atoms with E-state index >= 15 is 0 Å². The average molecular weight is 268 g/mol. The number of amides is 1. The van der Waals surface area contributed by atoms with E-state index in [1.165, 1.54) is 0 Å². The van der Waals surface area contributed by atoms with Crippen LogP contribution in [0.2, 0.25) is 0 Å². The molecule has 3 atom stereocenters. The predicted octanol–water partition coefficient (Wildman–Crippen LogP) is 2.94. The summed E-state index contributed by atoms with van der Waals surface area (Å²) in [5, 5.41) is 3.12. The van der Waals surface area contributed by atoms with Crippen LogP contribution in [0.15, 0.2) is 0 Å². The van der Waals surface area contributed by atoms with Crippen molar-refractivity contribution in [1.82, 2.24) is 5.32 Å². The maximum atomic E-state index is 12.4. The van der Waals surface area contributed by atoms with Crippen molar-refractivity contribution in [3.8, 4) is 0 Å². The Balaban J connectivity index is 2.57. The minimum atomic E-state index is -0.0104. The molecule has 0 saturated heterocycles. The average Bonchev–Trinajstić information content (AvgIpc) is 2.24. The molecule has 0 aromatic carbocycles. The van der Waals surface area contributed by atoms with Crippen molar-refractivity contribution in [1.29, 1.82) is 0 Å². The zero-order chi connectivity index (χ0) is 14.8. The summed E-state index contributed by atoms with van der Waals surface area (Å²) < 4.78 is 0. The van der Waals surface area contributed by atoms with Gasteiger partial charge in [0.1, 0.15) is 0 Å². The fourth-order valence-corrected chi connectivity index (χ4v) is 3.00. The van der Waals surface area contributed by atoms with Crippen molar-refractivity contribution in [2.75, 3.05) is 6.54 Å². The third-order valence-corrected chi connectivity index (χ3v) is 4.99. The molecule has 3 nitrogen and oxygen atoms in total. The molecule has 1 saturated carbocycles. The Hall–Kier alpha value is -0.570. The van der Waals surface area contributed by atoms with Gasteiger partial charge >= 0.3 is 0 Å². The van der Waals surface area contributed by atoms with E-state index in [2.05, 4.69) is 46.9 Å². The summed E-state index contributed by atoms with van der Waals surface area (Å²) in [6, 6.07) is 0.230. The first kappa shape index (κ1) is 16.5. The van der Waals surface area contributed by atoms with Crippen LogP contribution in [-0.2, 0) is 4.79 Å². The van der Waals surface area contributed by atoms with Gasteiger partial charge in [0, 0.05) is 18.5 Å². The first-order valence-electron chi connectivity index (χ1n) is 7.59. The van der Waals surface area contributed by atoms with E-state index in [0.29, 0.717) is 5.92 Å². The Morgan fingerprint density at radius 3 is 2.42 bits per heavy atom. The first-order chi connectivity index (χ1) is 8.55. The summed E-state index contributed by atoms with van der Waals surface area (Å²) in [4.78, 5) is 12.4. The number of rotatable bonds is 3. The normalized spacial score (nSPS) is 31.0. The predicted molar refractivity (Wildman–Crippen MR) is 80.7 cm³/mol. The van der Waals surface area contributed by atoms with Gasteiger partial charge in [-0.05, 0) is 36.0 Å². The van der Waals surface area contributed by atoms with Crippen molar-refractivity contribution in [2.45, 2.75) is 66.8 Å². The molecule has 0 spiro atoms. The van der Waals surface area contributed by atoms with Gasteiger partial charge in [0.05, 0.1) is 0 Å². The smallest absolute Gasteiger partial charge is 0.223 e. The molecule has 0 aromatic rings. The molecule has 0 radical (unpaired) electrons. The minimum absolute atomic E-state index is 0.0104. The lowest BCUT2D eigenvalue weighted by Crippen LogP contribution is -2.51. The maximum Gasteiger partial charge on any atom is 0.223 e. The second-order valence-electron chi connectivity index (χ2n) is 8.01. The minimum Gasteiger partial charge on any atom is -0.356 e. The van der Waals surface area contributed by atoms with Crippen molar-refractivity contribution >= 4 is 5.91 Å². The highest BCUT2D eigenvalue weighted by molar-refractivity contribution is 5.79. The molecule has 0 heterocycles. The van der Waals surface area contributed by atoms with Crippen LogP contribution in [0.4, 0.5) is 0 Å². The number of hydrogen-bond donors (Lipinski definition) is 2. The zero-order valence-corrected chi connectivity index (χ0v) is 13.5. The van der Waals surface area contributed by atoms with E-state index < -0.39 is 0 Å². The summed E-state index contributed by atoms with van der Waals surface area (Å²) in [7, 11) is 0. The van der Waals surface area contributed by atoms with E-state index in [9.17, 15) is 4.79 Å². The van der Waals surface area contributed by atoms with Gasteiger partial charge in [0.15, 0.2) is 0 Å². The van der Waals surface area contributed by atoms with Crippen LogP contribution >= 0.6 is 0 Å². The fourth-order valence-electron chi connectivity index (χ4n) is 3.00. The van der Waals surface area contributed by atoms with Crippen molar-refractivity contribution < 1.29 is 4.79 Å². The number of hydrogen-bond acceptors (Lipinski definition) is 2. The van der Waals surface area contributed by atoms with Crippen LogP contribution in [0.1, 0.15) is 60.8 Å². The van der Waals surface area contributed by atoms with Crippen LogP contribution < -0.4 is 11.1 Å². The zero-order valence-electron chi connectivity index (χ0n) is 13.5. The van der Waals surface area contributed by atoms with E-state index in [0.717, 1.165) is 25.8 Å². The van der Waals surface area contributed by atoms with Gasteiger partial charge in [-0.15, -0.1) is 0 Å². The highest BCUT2D eigenvalue weighted by Crippen LogP contribution is 2.44. The molecule has 3 heteroatoms. The second-order valence-corrected chi connectivity index (χ2v) is 8.01. The molecule has 3 N–H and O–H groups in total. The van der Waals surface area contributed by atoms with Crippen LogP contribution in [-0.4, -0.2) is 18.5 Å². The molecule has 19 heavy (non-hydrogen) atoms. The lowest BCUT2D eigenvalue weighted by molar-refractivity contribution is -0.132. The Labute approximate surface area is 118 Å². The Bertz CT molecular complexity index is 317. The fraction of sp³-hybridized carbons (Fsp3) is 0.938. The number of nitrogens with two attached hydrogens (primary N) is 1. The van der Waals surface area contributed by atoms with Crippen molar-refractivity contribution in [3.63, 3.8) is 0 Å². The topological polar surface area (TPSA) is 55.1 Å². The maximum absolute atomic E-state index is 12.4. The van der Waals surface area contributed by atoms with Crippen LogP contribution in [0.3, 0.4) is 0 Å². The van der Waals surface area contributed by atoms with Crippen LogP contribution in [0.25, 0.3) is 0 Å². The van der Waals surface area contributed by atoms with Gasteiger partial charge in [-0.1, -0.05) is 41.5 Å². The molecule has 0 bridgehead atoms. The molecule has 3 unspecified atom stereocenters. The molecule has 1 fully saturated rings. The van der Waals surface area contributed by atoms with Gasteiger partial charge in [-0.3, -0.25) is 4.79 Å². The lowest BCUT2D eigenvalue weighted by Gasteiger charge is -2.46. The number of nitrogens with one attached hydrogen (secondary N) is 1. The first-order valence-corrected chi connectivity index (χ1v) is 7.59. The molecule has 1 aliphatic rings. The quantitative estimate of drug-likeness (QED) is 0.827. The molecule has 0 aromatic heterocycles. The molecule has 1 amide bonds. The highest BCUT2D eigenvalue weighted by Gasteiger charge is 2.44. The molecular formula is C16H32N2O. The largest absolute Gasteiger partial charge is 0.356 e. The summed E-state index contributed by atoms with van der Waals surface area (Å²) in [6.07, 6.45) is 2.89. The van der Waals surface area contributed by atoms with Crippen LogP contribution in [0, 0.1) is 22.7 Å². The van der Waals surface area contributed by atoms with Crippen molar-refractivity contribution in [2.24, 2.45) is 28.4 Å². The van der Waals surface area contributed by atoms with E-state index in [-0.39, 0.29) is 28.7 Å². The lowest BCUT2D eigenvalue weighted by atomic mass is 9.61. The number of carbonyl (C=O) groups excluding carboxylic acids is 1. The SMILES string of the molecule is CC1C(N)CCC(C(=O)NCCC(C)(C)C)C1(C)C. The third-order valence-electron chi connectivity index (χ3n) is 4.99. The van der Waals surface area contributed by atoms with Crippen LogP contribution in [0.5, 0.6) is 0 Å². The number of carbonyl (C=O) groups is 1. The van der Waals surface area contributed by atoms with E-state index in [4.69, 9.17) is 5.73 Å². The third kappa shape index (κ3) is 4.20. The van der Waals surface area contributed by atoms with E-state index in [1.54, 1.807) is 0 Å². The Kier molecular flexibility index (Phi) is 5.05. The molecule has 112 valence electrons. The summed E-state index contributed by atoms with van der Waals surface area (Å²) in [5.74, 6) is 0.704. The molecule has 0 aliphatic heterocycles.